The largest absolute Gasteiger partial charge is 0.320 e. The summed E-state index contributed by atoms with van der Waals surface area (Å²) < 4.78 is 25.8. The maximum Gasteiger partial charge on any atom is 0.211 e. The lowest BCUT2D eigenvalue weighted by Crippen LogP contribution is -2.35. The highest BCUT2D eigenvalue weighted by atomic mass is 32.2. The fourth-order valence-corrected chi connectivity index (χ4v) is 2.75. The first-order valence-electron chi connectivity index (χ1n) is 5.66. The van der Waals surface area contributed by atoms with Gasteiger partial charge in [0.05, 0.1) is 5.75 Å². The molecule has 0 aromatic heterocycles. The average Bonchev–Trinajstić information content (AvgIpc) is 2.14. The third kappa shape index (κ3) is 8.84. The van der Waals surface area contributed by atoms with Crippen LogP contribution in [0, 0.1) is 0 Å². The highest BCUT2D eigenvalue weighted by molar-refractivity contribution is 7.89. The summed E-state index contributed by atoms with van der Waals surface area (Å²) in [7, 11) is -1.25. The van der Waals surface area contributed by atoms with Crippen molar-refractivity contribution >= 4 is 10.0 Å². The number of unbranched alkanes of at least 4 members (excludes halogenated alkanes) is 1. The average molecular weight is 236 g/mol. The SMILES string of the molecule is CCCCC(C)NS(=O)(=O)CCCNC. The summed E-state index contributed by atoms with van der Waals surface area (Å²) in [6, 6.07) is 0.0598. The van der Waals surface area contributed by atoms with Crippen LogP contribution < -0.4 is 10.0 Å². The van der Waals surface area contributed by atoms with Crippen LogP contribution in [-0.4, -0.2) is 33.8 Å². The summed E-state index contributed by atoms with van der Waals surface area (Å²) >= 11 is 0. The van der Waals surface area contributed by atoms with Crippen LogP contribution in [0.1, 0.15) is 39.5 Å². The first kappa shape index (κ1) is 14.9. The molecule has 0 aliphatic rings. The van der Waals surface area contributed by atoms with Gasteiger partial charge >= 0.3 is 0 Å². The van der Waals surface area contributed by atoms with Gasteiger partial charge in [-0.05, 0) is 33.4 Å². The molecule has 0 rings (SSSR count). The van der Waals surface area contributed by atoms with Gasteiger partial charge in [0.25, 0.3) is 0 Å². The number of hydrogen-bond acceptors (Lipinski definition) is 3. The first-order chi connectivity index (χ1) is 7.02. The third-order valence-electron chi connectivity index (χ3n) is 2.21. The van der Waals surface area contributed by atoms with E-state index in [0.29, 0.717) is 6.42 Å². The lowest BCUT2D eigenvalue weighted by atomic mass is 10.2. The van der Waals surface area contributed by atoms with Crippen LogP contribution in [0.5, 0.6) is 0 Å². The van der Waals surface area contributed by atoms with E-state index in [1.165, 1.54) is 0 Å². The second kappa shape index (κ2) is 8.07. The van der Waals surface area contributed by atoms with Gasteiger partial charge in [-0.2, -0.15) is 0 Å². The maximum atomic E-state index is 11.5. The molecular weight excluding hydrogens is 212 g/mol. The number of nitrogens with one attached hydrogen (secondary N) is 2. The molecule has 0 bridgehead atoms. The second-order valence-corrected chi connectivity index (χ2v) is 5.81. The molecule has 0 aromatic carbocycles. The Kier molecular flexibility index (Phi) is 8.00. The summed E-state index contributed by atoms with van der Waals surface area (Å²) in [5.74, 6) is 0.213. The molecule has 2 N–H and O–H groups in total. The van der Waals surface area contributed by atoms with Crippen molar-refractivity contribution < 1.29 is 8.42 Å². The number of sulfonamides is 1. The highest BCUT2D eigenvalue weighted by Gasteiger charge is 2.13. The van der Waals surface area contributed by atoms with E-state index in [1.54, 1.807) is 0 Å². The Morgan fingerprint density at radius 2 is 1.93 bits per heavy atom. The van der Waals surface area contributed by atoms with Crippen LogP contribution in [0.15, 0.2) is 0 Å². The normalized spacial score (nSPS) is 14.1. The van der Waals surface area contributed by atoms with Gasteiger partial charge in [-0.1, -0.05) is 19.8 Å². The summed E-state index contributed by atoms with van der Waals surface area (Å²) in [5, 5.41) is 2.94. The van der Waals surface area contributed by atoms with E-state index in [0.717, 1.165) is 25.8 Å². The lowest BCUT2D eigenvalue weighted by molar-refractivity contribution is 0.532. The summed E-state index contributed by atoms with van der Waals surface area (Å²) in [4.78, 5) is 0. The Morgan fingerprint density at radius 1 is 1.27 bits per heavy atom. The zero-order chi connectivity index (χ0) is 11.7. The van der Waals surface area contributed by atoms with Gasteiger partial charge in [0, 0.05) is 6.04 Å². The topological polar surface area (TPSA) is 58.2 Å². The van der Waals surface area contributed by atoms with Gasteiger partial charge < -0.3 is 5.32 Å². The van der Waals surface area contributed by atoms with E-state index in [4.69, 9.17) is 0 Å². The minimum absolute atomic E-state index is 0.0598. The van der Waals surface area contributed by atoms with Crippen molar-refractivity contribution in [1.82, 2.24) is 10.0 Å². The molecule has 0 aliphatic carbocycles. The molecular formula is C10H24N2O2S. The fourth-order valence-electron chi connectivity index (χ4n) is 1.37. The smallest absolute Gasteiger partial charge is 0.211 e. The zero-order valence-electron chi connectivity index (χ0n) is 10.0. The first-order valence-corrected chi connectivity index (χ1v) is 7.31. The van der Waals surface area contributed by atoms with E-state index >= 15 is 0 Å². The van der Waals surface area contributed by atoms with E-state index in [2.05, 4.69) is 17.0 Å². The predicted octanol–water partition coefficient (Wildman–Crippen LogP) is 1.09. The van der Waals surface area contributed by atoms with Crippen molar-refractivity contribution in [3.05, 3.63) is 0 Å². The van der Waals surface area contributed by atoms with Crippen LogP contribution in [0.2, 0.25) is 0 Å². The molecule has 0 heterocycles. The Bertz CT molecular complexity index is 240. The molecule has 0 aromatic rings. The van der Waals surface area contributed by atoms with Crippen LogP contribution in [-0.2, 0) is 10.0 Å². The summed E-state index contributed by atoms with van der Waals surface area (Å²) in [6.07, 6.45) is 3.75. The molecule has 0 radical (unpaired) electrons. The van der Waals surface area contributed by atoms with Crippen molar-refractivity contribution in [2.75, 3.05) is 19.3 Å². The zero-order valence-corrected chi connectivity index (χ0v) is 10.9. The van der Waals surface area contributed by atoms with Gasteiger partial charge in [0.1, 0.15) is 0 Å². The van der Waals surface area contributed by atoms with E-state index < -0.39 is 10.0 Å². The van der Waals surface area contributed by atoms with Crippen LogP contribution >= 0.6 is 0 Å². The Hall–Kier alpha value is -0.130. The Morgan fingerprint density at radius 3 is 2.47 bits per heavy atom. The van der Waals surface area contributed by atoms with Crippen molar-refractivity contribution in [3.8, 4) is 0 Å². The van der Waals surface area contributed by atoms with Crippen molar-refractivity contribution in [3.63, 3.8) is 0 Å². The maximum absolute atomic E-state index is 11.5. The minimum Gasteiger partial charge on any atom is -0.320 e. The van der Waals surface area contributed by atoms with Gasteiger partial charge in [-0.15, -0.1) is 0 Å². The van der Waals surface area contributed by atoms with Gasteiger partial charge in [-0.25, -0.2) is 13.1 Å². The molecule has 0 saturated carbocycles. The van der Waals surface area contributed by atoms with Crippen LogP contribution in [0.25, 0.3) is 0 Å². The summed E-state index contributed by atoms with van der Waals surface area (Å²) in [5.41, 5.74) is 0. The second-order valence-electron chi connectivity index (χ2n) is 3.94. The molecule has 1 unspecified atom stereocenters. The molecule has 92 valence electrons. The fraction of sp³-hybridized carbons (Fsp3) is 1.00. The molecule has 0 saturated heterocycles. The molecule has 4 nitrogen and oxygen atoms in total. The molecule has 0 aliphatic heterocycles. The standard InChI is InChI=1S/C10H24N2O2S/c1-4-5-7-10(2)12-15(13,14)9-6-8-11-3/h10-12H,4-9H2,1-3H3. The van der Waals surface area contributed by atoms with E-state index in [-0.39, 0.29) is 11.8 Å². The Balaban J connectivity index is 3.81. The van der Waals surface area contributed by atoms with Crippen molar-refractivity contribution in [2.24, 2.45) is 0 Å². The third-order valence-corrected chi connectivity index (χ3v) is 3.80. The molecule has 1 atom stereocenters. The van der Waals surface area contributed by atoms with Crippen molar-refractivity contribution in [1.29, 1.82) is 0 Å². The number of hydrogen-bond donors (Lipinski definition) is 2. The molecule has 0 amide bonds. The molecule has 0 fully saturated rings. The quantitative estimate of drug-likeness (QED) is 0.589. The van der Waals surface area contributed by atoms with E-state index in [9.17, 15) is 8.42 Å². The molecule has 0 spiro atoms. The molecule has 5 heteroatoms. The van der Waals surface area contributed by atoms with E-state index in [1.807, 2.05) is 14.0 Å². The van der Waals surface area contributed by atoms with Gasteiger partial charge in [0.2, 0.25) is 10.0 Å². The highest BCUT2D eigenvalue weighted by Crippen LogP contribution is 2.01. The monoisotopic (exact) mass is 236 g/mol. The van der Waals surface area contributed by atoms with Gasteiger partial charge in [-0.3, -0.25) is 0 Å². The van der Waals surface area contributed by atoms with Crippen molar-refractivity contribution in [2.45, 2.75) is 45.6 Å². The van der Waals surface area contributed by atoms with Crippen LogP contribution in [0.3, 0.4) is 0 Å². The summed E-state index contributed by atoms with van der Waals surface area (Å²) in [6.45, 7) is 4.77. The van der Waals surface area contributed by atoms with Gasteiger partial charge in [0.15, 0.2) is 0 Å². The minimum atomic E-state index is -3.07. The molecule has 15 heavy (non-hydrogen) atoms. The number of rotatable bonds is 9. The predicted molar refractivity (Wildman–Crippen MR) is 64.5 cm³/mol. The van der Waals surface area contributed by atoms with Crippen LogP contribution in [0.4, 0.5) is 0 Å². The Labute approximate surface area is 93.9 Å². The lowest BCUT2D eigenvalue weighted by Gasteiger charge is -2.13.